The van der Waals surface area contributed by atoms with Crippen LogP contribution in [0.1, 0.15) is 50.3 Å². The maximum atomic E-state index is 12.3. The van der Waals surface area contributed by atoms with Gasteiger partial charge in [0.2, 0.25) is 10.0 Å². The Balaban J connectivity index is 1.86. The predicted molar refractivity (Wildman–Crippen MR) is 88.1 cm³/mol. The molecule has 120 valence electrons. The predicted octanol–water partition coefficient (Wildman–Crippen LogP) is 3.11. The molecule has 0 spiro atoms. The summed E-state index contributed by atoms with van der Waals surface area (Å²) in [5, 5.41) is 5.04. The van der Waals surface area contributed by atoms with E-state index in [1.54, 1.807) is 11.4 Å². The van der Waals surface area contributed by atoms with Gasteiger partial charge in [0, 0.05) is 23.3 Å². The van der Waals surface area contributed by atoms with E-state index in [0.717, 1.165) is 37.2 Å². The second-order valence-corrected chi connectivity index (χ2v) is 8.54. The molecule has 6 heteroatoms. The maximum Gasteiger partial charge on any atom is 0.241 e. The molecule has 0 amide bonds. The van der Waals surface area contributed by atoms with Gasteiger partial charge in [-0.2, -0.15) is 0 Å². The highest BCUT2D eigenvalue weighted by Gasteiger charge is 2.19. The quantitative estimate of drug-likeness (QED) is 0.720. The average molecular weight is 331 g/mol. The lowest BCUT2D eigenvalue weighted by atomic mass is 9.90. The molecule has 0 bridgehead atoms. The molecule has 0 atom stereocenters. The number of rotatable bonds is 8. The van der Waals surface area contributed by atoms with Gasteiger partial charge in [-0.15, -0.1) is 11.3 Å². The Hall–Kier alpha value is -0.430. The van der Waals surface area contributed by atoms with E-state index in [0.29, 0.717) is 17.4 Å². The van der Waals surface area contributed by atoms with E-state index in [1.165, 1.54) is 30.6 Å². The molecule has 1 aliphatic carbocycles. The molecule has 2 rings (SSSR count). The lowest BCUT2D eigenvalue weighted by molar-refractivity contribution is 0.357. The van der Waals surface area contributed by atoms with Crippen LogP contribution in [0, 0.1) is 5.92 Å². The van der Waals surface area contributed by atoms with Gasteiger partial charge in [-0.3, -0.25) is 0 Å². The summed E-state index contributed by atoms with van der Waals surface area (Å²) in [6, 6.07) is 1.79. The van der Waals surface area contributed by atoms with Crippen LogP contribution in [0.3, 0.4) is 0 Å². The monoisotopic (exact) mass is 330 g/mol. The van der Waals surface area contributed by atoms with Crippen LogP contribution in [-0.4, -0.2) is 21.5 Å². The Bertz CT molecular complexity index is 520. The smallest absolute Gasteiger partial charge is 0.241 e. The molecule has 1 heterocycles. The largest absolute Gasteiger partial charge is 0.312 e. The molecule has 0 aliphatic heterocycles. The zero-order chi connectivity index (χ0) is 15.1. The topological polar surface area (TPSA) is 58.2 Å². The molecule has 21 heavy (non-hydrogen) atoms. The second kappa shape index (κ2) is 8.27. The lowest BCUT2D eigenvalue weighted by Crippen LogP contribution is -2.30. The van der Waals surface area contributed by atoms with Crippen molar-refractivity contribution in [2.24, 2.45) is 5.92 Å². The van der Waals surface area contributed by atoms with Crippen molar-refractivity contribution in [3.63, 3.8) is 0 Å². The zero-order valence-electron chi connectivity index (χ0n) is 12.7. The van der Waals surface area contributed by atoms with Gasteiger partial charge in [0.1, 0.15) is 0 Å². The van der Waals surface area contributed by atoms with Gasteiger partial charge in [-0.1, -0.05) is 26.2 Å². The molecule has 0 aromatic carbocycles. The van der Waals surface area contributed by atoms with E-state index in [2.05, 4.69) is 17.0 Å². The fraction of sp³-hybridized carbons (Fsp3) is 0.733. The maximum absolute atomic E-state index is 12.3. The minimum absolute atomic E-state index is 0.414. The van der Waals surface area contributed by atoms with Gasteiger partial charge >= 0.3 is 0 Å². The summed E-state index contributed by atoms with van der Waals surface area (Å²) < 4.78 is 27.4. The summed E-state index contributed by atoms with van der Waals surface area (Å²) in [6.07, 6.45) is 7.15. The van der Waals surface area contributed by atoms with Crippen LogP contribution in [0.4, 0.5) is 0 Å². The van der Waals surface area contributed by atoms with Crippen molar-refractivity contribution < 1.29 is 8.42 Å². The first-order valence-corrected chi connectivity index (χ1v) is 10.3. The normalized spacial score (nSPS) is 17.2. The minimum Gasteiger partial charge on any atom is -0.312 e. The van der Waals surface area contributed by atoms with Crippen molar-refractivity contribution in [3.8, 4) is 0 Å². The third kappa shape index (κ3) is 5.36. The van der Waals surface area contributed by atoms with Crippen molar-refractivity contribution in [1.82, 2.24) is 10.0 Å². The van der Waals surface area contributed by atoms with Crippen molar-refractivity contribution in [2.75, 3.05) is 13.1 Å². The van der Waals surface area contributed by atoms with Crippen LogP contribution >= 0.6 is 11.3 Å². The van der Waals surface area contributed by atoms with E-state index in [-0.39, 0.29) is 0 Å². The van der Waals surface area contributed by atoms with Crippen LogP contribution in [0.25, 0.3) is 0 Å². The van der Waals surface area contributed by atoms with Crippen LogP contribution in [-0.2, 0) is 16.6 Å². The summed E-state index contributed by atoms with van der Waals surface area (Å²) >= 11 is 1.51. The fourth-order valence-electron chi connectivity index (χ4n) is 2.68. The Morgan fingerprint density at radius 2 is 2.05 bits per heavy atom. The van der Waals surface area contributed by atoms with Gasteiger partial charge in [0.05, 0.1) is 4.90 Å². The molecule has 1 saturated carbocycles. The molecule has 4 nitrogen and oxygen atoms in total. The Labute approximate surface area is 132 Å². The summed E-state index contributed by atoms with van der Waals surface area (Å²) in [7, 11) is -3.34. The Morgan fingerprint density at radius 3 is 2.76 bits per heavy atom. The standard InChI is InChI=1S/C15H26N2O2S2/c1-2-8-16-11-14-9-15(12-20-14)21(18,19)17-10-13-6-4-3-5-7-13/h9,12-13,16-17H,2-8,10-11H2,1H3. The first kappa shape index (κ1) is 16.9. The van der Waals surface area contributed by atoms with E-state index in [9.17, 15) is 8.42 Å². The highest BCUT2D eigenvalue weighted by molar-refractivity contribution is 7.89. The van der Waals surface area contributed by atoms with Crippen LogP contribution in [0.5, 0.6) is 0 Å². The highest BCUT2D eigenvalue weighted by Crippen LogP contribution is 2.24. The molecule has 1 fully saturated rings. The Morgan fingerprint density at radius 1 is 1.29 bits per heavy atom. The van der Waals surface area contributed by atoms with Gasteiger partial charge in [0.15, 0.2) is 0 Å². The summed E-state index contributed by atoms with van der Waals surface area (Å²) in [4.78, 5) is 1.48. The zero-order valence-corrected chi connectivity index (χ0v) is 14.4. The molecule has 1 aliphatic rings. The average Bonchev–Trinajstić information content (AvgIpc) is 2.96. The minimum atomic E-state index is -3.34. The van der Waals surface area contributed by atoms with Crippen LogP contribution in [0.15, 0.2) is 16.3 Å². The van der Waals surface area contributed by atoms with E-state index in [4.69, 9.17) is 0 Å². The molecule has 2 N–H and O–H groups in total. The summed E-state index contributed by atoms with van der Waals surface area (Å²) in [6.45, 7) is 4.41. The number of sulfonamides is 1. The third-order valence-corrected chi connectivity index (χ3v) is 6.44. The highest BCUT2D eigenvalue weighted by atomic mass is 32.2. The second-order valence-electron chi connectivity index (χ2n) is 5.78. The number of thiophene rings is 1. The van der Waals surface area contributed by atoms with Crippen LogP contribution in [0.2, 0.25) is 0 Å². The molecule has 0 unspecified atom stereocenters. The van der Waals surface area contributed by atoms with Crippen molar-refractivity contribution in [3.05, 3.63) is 16.3 Å². The Kier molecular flexibility index (Phi) is 6.67. The summed E-state index contributed by atoms with van der Waals surface area (Å²) in [5.41, 5.74) is 0. The van der Waals surface area contributed by atoms with Crippen molar-refractivity contribution in [1.29, 1.82) is 0 Å². The molecule has 1 aromatic rings. The van der Waals surface area contributed by atoms with Gasteiger partial charge in [0.25, 0.3) is 0 Å². The molecular formula is C15H26N2O2S2. The number of hydrogen-bond donors (Lipinski definition) is 2. The first-order valence-electron chi connectivity index (χ1n) is 7.89. The van der Waals surface area contributed by atoms with Crippen LogP contribution < -0.4 is 10.0 Å². The van der Waals surface area contributed by atoms with Gasteiger partial charge in [-0.25, -0.2) is 13.1 Å². The van der Waals surface area contributed by atoms with E-state index >= 15 is 0 Å². The first-order chi connectivity index (χ1) is 10.1. The molecule has 1 aromatic heterocycles. The summed E-state index contributed by atoms with van der Waals surface area (Å²) in [5.74, 6) is 0.512. The third-order valence-electron chi connectivity index (χ3n) is 3.95. The van der Waals surface area contributed by atoms with E-state index < -0.39 is 10.0 Å². The van der Waals surface area contributed by atoms with E-state index in [1.807, 2.05) is 0 Å². The van der Waals surface area contributed by atoms with Gasteiger partial charge in [-0.05, 0) is 37.8 Å². The molecule has 0 saturated heterocycles. The van der Waals surface area contributed by atoms with Crippen molar-refractivity contribution in [2.45, 2.75) is 56.9 Å². The van der Waals surface area contributed by atoms with Crippen molar-refractivity contribution >= 4 is 21.4 Å². The van der Waals surface area contributed by atoms with Gasteiger partial charge < -0.3 is 5.32 Å². The molecule has 0 radical (unpaired) electrons. The number of nitrogens with one attached hydrogen (secondary N) is 2. The number of hydrogen-bond acceptors (Lipinski definition) is 4. The molecular weight excluding hydrogens is 304 g/mol. The lowest BCUT2D eigenvalue weighted by Gasteiger charge is -2.21. The SMILES string of the molecule is CCCNCc1cc(S(=O)(=O)NCC2CCCCC2)cs1. The fourth-order valence-corrected chi connectivity index (χ4v) is 5.05.